The molecule has 0 fully saturated rings. The van der Waals surface area contributed by atoms with Crippen molar-refractivity contribution < 1.29 is 14.3 Å². The van der Waals surface area contributed by atoms with Crippen molar-refractivity contribution >= 4 is 23.5 Å². The van der Waals surface area contributed by atoms with Crippen LogP contribution in [0.25, 0.3) is 0 Å². The van der Waals surface area contributed by atoms with Crippen LogP contribution in [0.3, 0.4) is 0 Å². The van der Waals surface area contributed by atoms with E-state index in [4.69, 9.17) is 16.3 Å². The molecule has 2 unspecified atom stereocenters. The molecule has 6 heteroatoms. The molecule has 5 nitrogen and oxygen atoms in total. The molecule has 2 atom stereocenters. The van der Waals surface area contributed by atoms with Crippen LogP contribution in [0, 0.1) is 0 Å². The molecule has 0 saturated carbocycles. The highest BCUT2D eigenvalue weighted by Gasteiger charge is 2.24. The van der Waals surface area contributed by atoms with E-state index in [2.05, 4.69) is 5.32 Å². The zero-order valence-corrected chi connectivity index (χ0v) is 13.5. The number of amides is 1. The second-order valence-electron chi connectivity index (χ2n) is 4.91. The fourth-order valence-corrected chi connectivity index (χ4v) is 2.36. The molecule has 1 aromatic carbocycles. The number of hydrogen-bond donors (Lipinski definition) is 1. The van der Waals surface area contributed by atoms with Gasteiger partial charge in [0.05, 0.1) is 7.11 Å². The van der Waals surface area contributed by atoms with Crippen molar-refractivity contribution in [3.63, 3.8) is 0 Å². The number of rotatable bonds is 6. The van der Waals surface area contributed by atoms with E-state index in [9.17, 15) is 9.59 Å². The van der Waals surface area contributed by atoms with Crippen LogP contribution in [0.2, 0.25) is 5.02 Å². The highest BCUT2D eigenvalue weighted by molar-refractivity contribution is 6.31. The Hall–Kier alpha value is -1.59. The molecular weight excluding hydrogens is 292 g/mol. The molecule has 0 aliphatic heterocycles. The Kier molecular flexibility index (Phi) is 6.65. The van der Waals surface area contributed by atoms with Gasteiger partial charge in [-0.05, 0) is 25.6 Å². The lowest BCUT2D eigenvalue weighted by atomic mass is 10.1. The summed E-state index contributed by atoms with van der Waals surface area (Å²) < 4.78 is 4.72. The standard InChI is InChI=1S/C15H21ClN2O3/c1-10(12-7-5-6-8-13(12)16)18(3)9-14(15(20)21-4)17-11(2)19/h5-8,10,14H,9H2,1-4H3,(H,17,19). The zero-order valence-electron chi connectivity index (χ0n) is 12.7. The normalized spacial score (nSPS) is 13.6. The van der Waals surface area contributed by atoms with E-state index in [1.54, 1.807) is 0 Å². The number of ether oxygens (including phenoxy) is 1. The second-order valence-corrected chi connectivity index (χ2v) is 5.32. The molecule has 1 aromatic rings. The van der Waals surface area contributed by atoms with Crippen molar-refractivity contribution in [1.82, 2.24) is 10.2 Å². The predicted octanol–water partition coefficient (Wildman–Crippen LogP) is 2.01. The Balaban J connectivity index is 2.81. The van der Waals surface area contributed by atoms with Crippen LogP contribution >= 0.6 is 11.6 Å². The topological polar surface area (TPSA) is 58.6 Å². The number of benzene rings is 1. The average molecular weight is 313 g/mol. The second kappa shape index (κ2) is 8.00. The van der Waals surface area contributed by atoms with Crippen LogP contribution < -0.4 is 5.32 Å². The van der Waals surface area contributed by atoms with Crippen molar-refractivity contribution in [3.8, 4) is 0 Å². The van der Waals surface area contributed by atoms with E-state index < -0.39 is 12.0 Å². The number of methoxy groups -OCH3 is 1. The van der Waals surface area contributed by atoms with Crippen LogP contribution in [0.5, 0.6) is 0 Å². The minimum atomic E-state index is -0.706. The summed E-state index contributed by atoms with van der Waals surface area (Å²) in [5.41, 5.74) is 0.966. The molecule has 1 N–H and O–H groups in total. The van der Waals surface area contributed by atoms with E-state index in [1.807, 2.05) is 43.1 Å². The number of nitrogens with one attached hydrogen (secondary N) is 1. The molecular formula is C15H21ClN2O3. The number of halogens is 1. The summed E-state index contributed by atoms with van der Waals surface area (Å²) in [6, 6.07) is 6.84. The number of likely N-dealkylation sites (N-methyl/N-ethyl adjacent to an activating group) is 1. The van der Waals surface area contributed by atoms with E-state index in [-0.39, 0.29) is 11.9 Å². The predicted molar refractivity (Wildman–Crippen MR) is 82.1 cm³/mol. The quantitative estimate of drug-likeness (QED) is 0.816. The molecule has 0 aliphatic rings. The molecule has 0 radical (unpaired) electrons. The number of hydrogen-bond acceptors (Lipinski definition) is 4. The van der Waals surface area contributed by atoms with Gasteiger partial charge in [-0.3, -0.25) is 9.69 Å². The lowest BCUT2D eigenvalue weighted by molar-refractivity contribution is -0.145. The van der Waals surface area contributed by atoms with Gasteiger partial charge in [0.2, 0.25) is 5.91 Å². The summed E-state index contributed by atoms with van der Waals surface area (Å²) in [6.45, 7) is 3.69. The van der Waals surface area contributed by atoms with E-state index in [0.717, 1.165) is 5.56 Å². The number of esters is 1. The number of nitrogens with zero attached hydrogens (tertiary/aromatic N) is 1. The summed E-state index contributed by atoms with van der Waals surface area (Å²) in [5.74, 6) is -0.743. The fraction of sp³-hybridized carbons (Fsp3) is 0.467. The van der Waals surface area contributed by atoms with Gasteiger partial charge in [0.1, 0.15) is 6.04 Å². The van der Waals surface area contributed by atoms with Gasteiger partial charge in [-0.15, -0.1) is 0 Å². The third kappa shape index (κ3) is 5.02. The highest BCUT2D eigenvalue weighted by atomic mass is 35.5. The van der Waals surface area contributed by atoms with Gasteiger partial charge in [-0.25, -0.2) is 4.79 Å². The molecule has 0 aliphatic carbocycles. The lowest BCUT2D eigenvalue weighted by Gasteiger charge is -2.29. The Morgan fingerprint density at radius 2 is 2.00 bits per heavy atom. The number of carbonyl (C=O) groups excluding carboxylic acids is 2. The summed E-state index contributed by atoms with van der Waals surface area (Å²) in [6.07, 6.45) is 0. The molecule has 0 saturated heterocycles. The smallest absolute Gasteiger partial charge is 0.329 e. The highest BCUT2D eigenvalue weighted by Crippen LogP contribution is 2.26. The largest absolute Gasteiger partial charge is 0.467 e. The summed E-state index contributed by atoms with van der Waals surface area (Å²) >= 11 is 6.19. The lowest BCUT2D eigenvalue weighted by Crippen LogP contribution is -2.48. The molecule has 116 valence electrons. The van der Waals surface area contributed by atoms with Gasteiger partial charge in [-0.2, -0.15) is 0 Å². The van der Waals surface area contributed by atoms with Crippen molar-refractivity contribution in [2.45, 2.75) is 25.9 Å². The third-order valence-electron chi connectivity index (χ3n) is 3.35. The Morgan fingerprint density at radius 3 is 2.52 bits per heavy atom. The maximum Gasteiger partial charge on any atom is 0.329 e. The Morgan fingerprint density at radius 1 is 1.38 bits per heavy atom. The number of carbonyl (C=O) groups is 2. The Labute approximate surface area is 130 Å². The van der Waals surface area contributed by atoms with Crippen molar-refractivity contribution in [2.24, 2.45) is 0 Å². The third-order valence-corrected chi connectivity index (χ3v) is 3.69. The van der Waals surface area contributed by atoms with Crippen LogP contribution in [0.1, 0.15) is 25.5 Å². The van der Waals surface area contributed by atoms with Crippen LogP contribution in [0.4, 0.5) is 0 Å². The zero-order chi connectivity index (χ0) is 16.0. The van der Waals surface area contributed by atoms with E-state index in [0.29, 0.717) is 11.6 Å². The van der Waals surface area contributed by atoms with Crippen LogP contribution in [0.15, 0.2) is 24.3 Å². The van der Waals surface area contributed by atoms with Gasteiger partial charge < -0.3 is 10.1 Å². The van der Waals surface area contributed by atoms with Crippen LogP contribution in [-0.4, -0.2) is 43.5 Å². The first kappa shape index (κ1) is 17.5. The van der Waals surface area contributed by atoms with Crippen LogP contribution in [-0.2, 0) is 14.3 Å². The molecule has 1 rings (SSSR count). The monoisotopic (exact) mass is 312 g/mol. The van der Waals surface area contributed by atoms with Gasteiger partial charge in [0, 0.05) is 24.5 Å². The summed E-state index contributed by atoms with van der Waals surface area (Å²) in [4.78, 5) is 24.9. The summed E-state index contributed by atoms with van der Waals surface area (Å²) in [5, 5.41) is 3.27. The molecule has 21 heavy (non-hydrogen) atoms. The first-order valence-electron chi connectivity index (χ1n) is 6.66. The maximum absolute atomic E-state index is 11.7. The first-order chi connectivity index (χ1) is 9.86. The minimum Gasteiger partial charge on any atom is -0.467 e. The molecule has 0 heterocycles. The molecule has 0 bridgehead atoms. The minimum absolute atomic E-state index is 0.000357. The summed E-state index contributed by atoms with van der Waals surface area (Å²) in [7, 11) is 3.17. The van der Waals surface area contributed by atoms with Crippen molar-refractivity contribution in [3.05, 3.63) is 34.9 Å². The van der Waals surface area contributed by atoms with Crippen molar-refractivity contribution in [2.75, 3.05) is 20.7 Å². The molecule has 0 aromatic heterocycles. The van der Waals surface area contributed by atoms with Gasteiger partial charge in [0.15, 0.2) is 0 Å². The average Bonchev–Trinajstić information content (AvgIpc) is 2.44. The Bertz CT molecular complexity index is 507. The van der Waals surface area contributed by atoms with E-state index in [1.165, 1.54) is 14.0 Å². The molecule has 0 spiro atoms. The van der Waals surface area contributed by atoms with E-state index >= 15 is 0 Å². The maximum atomic E-state index is 11.7. The molecule has 1 amide bonds. The SMILES string of the molecule is COC(=O)C(CN(C)C(C)c1ccccc1Cl)NC(C)=O. The van der Waals surface area contributed by atoms with Gasteiger partial charge in [0.25, 0.3) is 0 Å². The first-order valence-corrected chi connectivity index (χ1v) is 7.04. The van der Waals surface area contributed by atoms with Gasteiger partial charge >= 0.3 is 5.97 Å². The van der Waals surface area contributed by atoms with Crippen molar-refractivity contribution in [1.29, 1.82) is 0 Å². The van der Waals surface area contributed by atoms with Gasteiger partial charge in [-0.1, -0.05) is 29.8 Å². The fourth-order valence-electron chi connectivity index (χ4n) is 2.06.